The summed E-state index contributed by atoms with van der Waals surface area (Å²) in [4.78, 5) is 17.4. The Morgan fingerprint density at radius 1 is 1.33 bits per heavy atom. The van der Waals surface area contributed by atoms with Crippen LogP contribution in [0.1, 0.15) is 35.6 Å². The van der Waals surface area contributed by atoms with E-state index in [1.165, 1.54) is 6.20 Å². The molecule has 2 aromatic rings. The van der Waals surface area contributed by atoms with Crippen molar-refractivity contribution in [2.45, 2.75) is 31.7 Å². The van der Waals surface area contributed by atoms with E-state index in [1.807, 2.05) is 24.1 Å². The lowest BCUT2D eigenvalue weighted by Crippen LogP contribution is -2.26. The third-order valence-corrected chi connectivity index (χ3v) is 5.36. The van der Waals surface area contributed by atoms with Crippen LogP contribution >= 0.6 is 0 Å². The second kappa shape index (κ2) is 12.0. The minimum absolute atomic E-state index is 0.0760. The van der Waals surface area contributed by atoms with Crippen LogP contribution in [0.15, 0.2) is 46.7 Å². The van der Waals surface area contributed by atoms with Crippen molar-refractivity contribution in [3.63, 3.8) is 0 Å². The van der Waals surface area contributed by atoms with E-state index in [0.717, 1.165) is 37.2 Å². The van der Waals surface area contributed by atoms with Gasteiger partial charge in [0.05, 0.1) is 23.5 Å². The van der Waals surface area contributed by atoms with Crippen LogP contribution in [0.3, 0.4) is 0 Å². The molecule has 0 radical (unpaired) electrons. The highest BCUT2D eigenvalue weighted by Gasteiger charge is 2.19. The minimum atomic E-state index is -2.63. The lowest BCUT2D eigenvalue weighted by atomic mass is 9.90. The van der Waals surface area contributed by atoms with E-state index in [9.17, 15) is 13.6 Å². The molecule has 0 amide bonds. The third-order valence-electron chi connectivity index (χ3n) is 5.36. The molecule has 1 saturated heterocycles. The Morgan fingerprint density at radius 3 is 2.76 bits per heavy atom. The number of aromatic nitrogens is 1. The lowest BCUT2D eigenvalue weighted by Gasteiger charge is -2.26. The van der Waals surface area contributed by atoms with Crippen molar-refractivity contribution in [3.8, 4) is 5.75 Å². The summed E-state index contributed by atoms with van der Waals surface area (Å²) < 4.78 is 35.2. The number of halogens is 2. The number of nitrogens with one attached hydrogen (secondary N) is 1. The summed E-state index contributed by atoms with van der Waals surface area (Å²) in [6.07, 6.45) is 0.922. The predicted molar refractivity (Wildman–Crippen MR) is 122 cm³/mol. The largest absolute Gasteiger partial charge is 0.470 e. The van der Waals surface area contributed by atoms with E-state index < -0.39 is 13.0 Å². The van der Waals surface area contributed by atoms with E-state index in [-0.39, 0.29) is 5.90 Å². The molecule has 0 atom stereocenters. The molecule has 8 nitrogen and oxygen atoms in total. The van der Waals surface area contributed by atoms with Gasteiger partial charge in [-0.05, 0) is 61.7 Å². The Balaban J connectivity index is 1.73. The Kier molecular flexibility index (Phi) is 8.82. The number of hydrogen-bond donors (Lipinski definition) is 1. The first-order valence-corrected chi connectivity index (χ1v) is 10.6. The molecule has 1 aromatic heterocycles. The zero-order valence-corrected chi connectivity index (χ0v) is 18.4. The Labute approximate surface area is 191 Å². The average molecular weight is 459 g/mol. The summed E-state index contributed by atoms with van der Waals surface area (Å²) in [6.45, 7) is 5.23. The Morgan fingerprint density at radius 2 is 2.12 bits per heavy atom. The fraction of sp³-hybridized carbons (Fsp3) is 0.391. The average Bonchev–Trinajstić information content (AvgIpc) is 2.83. The number of alkyl halides is 2. The second-order valence-corrected chi connectivity index (χ2v) is 7.61. The molecule has 176 valence electrons. The number of carbonyl (C=O) groups excluding carboxylic acids is 1. The lowest BCUT2D eigenvalue weighted by molar-refractivity contribution is -0.120. The number of benzene rings is 1. The van der Waals surface area contributed by atoms with Crippen LogP contribution in [0.4, 0.5) is 14.5 Å². The Hall–Kier alpha value is -3.40. The topological polar surface area (TPSA) is 88.4 Å². The monoisotopic (exact) mass is 459 g/mol. The summed E-state index contributed by atoms with van der Waals surface area (Å²) in [7, 11) is 1.87. The molecular weight excluding hydrogens is 432 g/mol. The van der Waals surface area contributed by atoms with E-state index in [0.29, 0.717) is 35.9 Å². The number of rotatable bonds is 10. The van der Waals surface area contributed by atoms with Crippen LogP contribution in [-0.4, -0.2) is 57.2 Å². The van der Waals surface area contributed by atoms with Gasteiger partial charge in [-0.2, -0.15) is 5.10 Å². The maximum Gasteiger partial charge on any atom is 0.298 e. The van der Waals surface area contributed by atoms with Gasteiger partial charge in [-0.1, -0.05) is 6.07 Å². The number of pyridine rings is 1. The molecule has 33 heavy (non-hydrogen) atoms. The highest BCUT2D eigenvalue weighted by atomic mass is 19.3. The van der Waals surface area contributed by atoms with Gasteiger partial charge >= 0.3 is 0 Å². The van der Waals surface area contributed by atoms with Gasteiger partial charge in [-0.15, -0.1) is 5.10 Å². The van der Waals surface area contributed by atoms with Crippen molar-refractivity contribution < 1.29 is 23.0 Å². The summed E-state index contributed by atoms with van der Waals surface area (Å²) in [6, 6.07) is 9.34. The standard InChI is InChI=1S/C23H27F2N5O3/c1-26-29-23(32-14-22(24)25)18-3-5-19(28-12-18)13-30(2)20-6-4-17(11-21(20)33-15-31)16-7-9-27-10-8-16/h3-6,11-12,15-16,22,27H,1,7-10,13-14H2,2H3/b29-23-. The van der Waals surface area contributed by atoms with Crippen molar-refractivity contribution in [1.29, 1.82) is 0 Å². The molecule has 1 N–H and O–H groups in total. The van der Waals surface area contributed by atoms with Gasteiger partial charge in [0.1, 0.15) is 0 Å². The Bertz CT molecular complexity index is 963. The molecule has 0 saturated carbocycles. The molecule has 1 fully saturated rings. The van der Waals surface area contributed by atoms with Gasteiger partial charge in [0.15, 0.2) is 12.4 Å². The van der Waals surface area contributed by atoms with Crippen molar-refractivity contribution in [1.82, 2.24) is 10.3 Å². The third kappa shape index (κ3) is 6.79. The zero-order valence-electron chi connectivity index (χ0n) is 18.4. The molecule has 3 rings (SSSR count). The van der Waals surface area contributed by atoms with Crippen molar-refractivity contribution in [3.05, 3.63) is 53.3 Å². The normalized spacial score (nSPS) is 14.7. The first-order valence-electron chi connectivity index (χ1n) is 10.6. The number of ether oxygens (including phenoxy) is 2. The fourth-order valence-corrected chi connectivity index (χ4v) is 3.75. The van der Waals surface area contributed by atoms with Gasteiger partial charge in [-0.3, -0.25) is 9.78 Å². The molecule has 1 aliphatic rings. The van der Waals surface area contributed by atoms with E-state index in [1.54, 1.807) is 12.1 Å². The van der Waals surface area contributed by atoms with E-state index in [4.69, 9.17) is 9.47 Å². The molecular formula is C23H27F2N5O3. The first kappa shape index (κ1) is 24.2. The summed E-state index contributed by atoms with van der Waals surface area (Å²) in [5.41, 5.74) is 3.02. The highest BCUT2D eigenvalue weighted by molar-refractivity contribution is 5.93. The van der Waals surface area contributed by atoms with Gasteiger partial charge in [0, 0.05) is 20.0 Å². The maximum absolute atomic E-state index is 12.5. The number of piperidine rings is 1. The van der Waals surface area contributed by atoms with Gasteiger partial charge in [0.2, 0.25) is 5.90 Å². The van der Waals surface area contributed by atoms with Crippen LogP contribution in [0.5, 0.6) is 5.75 Å². The van der Waals surface area contributed by atoms with Gasteiger partial charge in [-0.25, -0.2) is 8.78 Å². The number of anilines is 1. The smallest absolute Gasteiger partial charge is 0.298 e. The van der Waals surface area contributed by atoms with Crippen LogP contribution in [0, 0.1) is 0 Å². The van der Waals surface area contributed by atoms with Crippen LogP contribution in [-0.2, 0) is 16.1 Å². The quantitative estimate of drug-likeness (QED) is 0.254. The van der Waals surface area contributed by atoms with Crippen LogP contribution < -0.4 is 15.0 Å². The van der Waals surface area contributed by atoms with Crippen molar-refractivity contribution in [2.24, 2.45) is 10.2 Å². The summed E-state index contributed by atoms with van der Waals surface area (Å²) in [5.74, 6) is 0.849. The SMILES string of the molecule is C=N/N=C(\OCC(F)F)c1ccc(CN(C)c2ccc(C3CCNCC3)cc2OC=O)nc1. The second-order valence-electron chi connectivity index (χ2n) is 7.61. The van der Waals surface area contributed by atoms with E-state index >= 15 is 0 Å². The molecule has 10 heteroatoms. The molecule has 0 bridgehead atoms. The number of hydrogen-bond acceptors (Lipinski definition) is 8. The first-order chi connectivity index (χ1) is 16.0. The predicted octanol–water partition coefficient (Wildman–Crippen LogP) is 3.36. The molecule has 0 unspecified atom stereocenters. The van der Waals surface area contributed by atoms with E-state index in [2.05, 4.69) is 33.3 Å². The van der Waals surface area contributed by atoms with Crippen molar-refractivity contribution in [2.75, 3.05) is 31.6 Å². The zero-order chi connectivity index (χ0) is 23.6. The van der Waals surface area contributed by atoms with Crippen LogP contribution in [0.2, 0.25) is 0 Å². The van der Waals surface area contributed by atoms with Crippen molar-refractivity contribution >= 4 is 24.8 Å². The number of carbonyl (C=O) groups is 1. The fourth-order valence-electron chi connectivity index (χ4n) is 3.75. The summed E-state index contributed by atoms with van der Waals surface area (Å²) >= 11 is 0. The van der Waals surface area contributed by atoms with Gasteiger partial charge < -0.3 is 19.7 Å². The minimum Gasteiger partial charge on any atom is -0.470 e. The maximum atomic E-state index is 12.5. The molecule has 0 aliphatic carbocycles. The summed E-state index contributed by atoms with van der Waals surface area (Å²) in [5, 5.41) is 10.4. The molecule has 2 heterocycles. The molecule has 1 aromatic carbocycles. The molecule has 1 aliphatic heterocycles. The van der Waals surface area contributed by atoms with Crippen LogP contribution in [0.25, 0.3) is 0 Å². The van der Waals surface area contributed by atoms with Gasteiger partial charge in [0.25, 0.3) is 12.9 Å². The highest BCUT2D eigenvalue weighted by Crippen LogP contribution is 2.34. The number of nitrogens with zero attached hydrogens (tertiary/aromatic N) is 4. The molecule has 0 spiro atoms.